The van der Waals surface area contributed by atoms with Gasteiger partial charge in [-0.1, -0.05) is 70.2 Å². The number of fused-ring (bicyclic) bond motifs is 1. The molecule has 0 saturated carbocycles. The van der Waals surface area contributed by atoms with E-state index in [1.54, 1.807) is 58.9 Å². The van der Waals surface area contributed by atoms with E-state index < -0.39 is 16.9 Å². The second kappa shape index (κ2) is 7.44. The van der Waals surface area contributed by atoms with E-state index in [0.29, 0.717) is 22.3 Å². The minimum absolute atomic E-state index is 0.292. The van der Waals surface area contributed by atoms with Crippen LogP contribution in [0.5, 0.6) is 0 Å². The van der Waals surface area contributed by atoms with Gasteiger partial charge in [-0.05, 0) is 24.6 Å². The lowest BCUT2D eigenvalue weighted by atomic mass is 9.83. The maximum Gasteiger partial charge on any atom is 0.280 e. The number of benzene rings is 2. The summed E-state index contributed by atoms with van der Waals surface area (Å²) in [6.45, 7) is 8.79. The molecule has 152 valence electrons. The number of aromatic nitrogens is 2. The molecule has 1 amide bonds. The Morgan fingerprint density at radius 1 is 1.03 bits per heavy atom. The predicted molar refractivity (Wildman–Crippen MR) is 114 cm³/mol. The zero-order valence-corrected chi connectivity index (χ0v) is 17.4. The number of nitrogens with zero attached hydrogens (tertiary/aromatic N) is 2. The van der Waals surface area contributed by atoms with Gasteiger partial charge >= 0.3 is 0 Å². The first-order valence-electron chi connectivity index (χ1n) is 9.64. The lowest BCUT2D eigenvalue weighted by molar-refractivity contribution is -0.124. The molecule has 0 aliphatic carbocycles. The van der Waals surface area contributed by atoms with Crippen molar-refractivity contribution in [1.29, 1.82) is 0 Å². The second-order valence-corrected chi connectivity index (χ2v) is 8.55. The maximum absolute atomic E-state index is 13.2. The monoisotopic (exact) mass is 393 g/mol. The standard InChI is InChI=1S/C23H27N3O3/c1-15(23(5,29)16-11-7-6-8-12-16)19-24-18-14-10-9-13-17(18)20(27)26(19)25-21(28)22(2,3)4/h6-15,29H,1-5H3,(H,25,28). The smallest absolute Gasteiger partial charge is 0.280 e. The number of amides is 1. The minimum atomic E-state index is -1.31. The van der Waals surface area contributed by atoms with E-state index >= 15 is 0 Å². The highest BCUT2D eigenvalue weighted by Gasteiger charge is 2.35. The van der Waals surface area contributed by atoms with E-state index in [4.69, 9.17) is 0 Å². The van der Waals surface area contributed by atoms with Crippen molar-refractivity contribution in [3.63, 3.8) is 0 Å². The molecule has 0 aliphatic rings. The summed E-state index contributed by atoms with van der Waals surface area (Å²) >= 11 is 0. The fraction of sp³-hybridized carbons (Fsp3) is 0.348. The van der Waals surface area contributed by atoms with E-state index in [2.05, 4.69) is 10.4 Å². The Morgan fingerprint density at radius 2 is 1.62 bits per heavy atom. The van der Waals surface area contributed by atoms with Crippen LogP contribution >= 0.6 is 0 Å². The van der Waals surface area contributed by atoms with Gasteiger partial charge in [-0.2, -0.15) is 0 Å². The minimum Gasteiger partial charge on any atom is -0.385 e. The molecule has 1 heterocycles. The summed E-state index contributed by atoms with van der Waals surface area (Å²) in [7, 11) is 0. The lowest BCUT2D eigenvalue weighted by Gasteiger charge is -2.32. The third kappa shape index (κ3) is 3.93. The van der Waals surface area contributed by atoms with Crippen LogP contribution in [-0.2, 0) is 10.4 Å². The Labute approximate surface area is 170 Å². The molecule has 3 rings (SSSR count). The van der Waals surface area contributed by atoms with Crippen molar-refractivity contribution >= 4 is 16.8 Å². The number of aliphatic hydroxyl groups is 1. The van der Waals surface area contributed by atoms with E-state index in [9.17, 15) is 14.7 Å². The van der Waals surface area contributed by atoms with Crippen molar-refractivity contribution in [2.24, 2.45) is 5.41 Å². The van der Waals surface area contributed by atoms with Gasteiger partial charge < -0.3 is 5.11 Å². The van der Waals surface area contributed by atoms with Crippen LogP contribution in [0.1, 0.15) is 51.9 Å². The zero-order valence-electron chi connectivity index (χ0n) is 17.4. The molecule has 2 unspecified atom stereocenters. The molecular weight excluding hydrogens is 366 g/mol. The van der Waals surface area contributed by atoms with Gasteiger partial charge in [0.05, 0.1) is 16.5 Å². The largest absolute Gasteiger partial charge is 0.385 e. The van der Waals surface area contributed by atoms with Crippen molar-refractivity contribution in [1.82, 2.24) is 9.66 Å². The van der Waals surface area contributed by atoms with Crippen molar-refractivity contribution < 1.29 is 9.90 Å². The zero-order chi connectivity index (χ0) is 21.4. The fourth-order valence-corrected chi connectivity index (χ4v) is 3.09. The molecule has 0 bridgehead atoms. The molecular formula is C23H27N3O3. The number of carbonyl (C=O) groups is 1. The van der Waals surface area contributed by atoms with Gasteiger partial charge in [0.1, 0.15) is 5.82 Å². The number of para-hydroxylation sites is 1. The summed E-state index contributed by atoms with van der Waals surface area (Å²) in [5, 5.41) is 11.7. The molecule has 3 aromatic rings. The molecule has 6 heteroatoms. The Balaban J connectivity index is 2.21. The van der Waals surface area contributed by atoms with Crippen LogP contribution in [0.2, 0.25) is 0 Å². The summed E-state index contributed by atoms with van der Waals surface area (Å²) in [4.78, 5) is 30.5. The number of rotatable bonds is 4. The van der Waals surface area contributed by atoms with Crippen LogP contribution in [0.25, 0.3) is 10.9 Å². The molecule has 2 atom stereocenters. The van der Waals surface area contributed by atoms with Gasteiger partial charge in [0, 0.05) is 11.3 Å². The molecule has 2 aromatic carbocycles. The maximum atomic E-state index is 13.2. The Morgan fingerprint density at radius 3 is 2.24 bits per heavy atom. The van der Waals surface area contributed by atoms with Crippen LogP contribution in [0.4, 0.5) is 0 Å². The van der Waals surface area contributed by atoms with Gasteiger partial charge in [0.2, 0.25) is 5.91 Å². The fourth-order valence-electron chi connectivity index (χ4n) is 3.09. The molecule has 29 heavy (non-hydrogen) atoms. The second-order valence-electron chi connectivity index (χ2n) is 8.55. The average Bonchev–Trinajstić information content (AvgIpc) is 2.69. The predicted octanol–water partition coefficient (Wildman–Crippen LogP) is 3.52. The number of hydrogen-bond acceptors (Lipinski definition) is 4. The third-order valence-corrected chi connectivity index (χ3v) is 5.28. The topological polar surface area (TPSA) is 84.2 Å². The van der Waals surface area contributed by atoms with Crippen molar-refractivity contribution in [2.45, 2.75) is 46.1 Å². The number of carbonyl (C=O) groups excluding carboxylic acids is 1. The SMILES string of the molecule is CC(c1nc2ccccc2c(=O)n1NC(=O)C(C)(C)C)C(C)(O)c1ccccc1. The van der Waals surface area contributed by atoms with Crippen LogP contribution < -0.4 is 11.0 Å². The number of nitrogens with one attached hydrogen (secondary N) is 1. The molecule has 0 aliphatic heterocycles. The highest BCUT2D eigenvalue weighted by atomic mass is 16.3. The van der Waals surface area contributed by atoms with Crippen molar-refractivity contribution in [3.8, 4) is 0 Å². The first-order chi connectivity index (χ1) is 13.5. The van der Waals surface area contributed by atoms with Crippen molar-refractivity contribution in [3.05, 3.63) is 76.3 Å². The van der Waals surface area contributed by atoms with Crippen LogP contribution in [-0.4, -0.2) is 20.7 Å². The van der Waals surface area contributed by atoms with Gasteiger partial charge in [-0.15, -0.1) is 0 Å². The van der Waals surface area contributed by atoms with Gasteiger partial charge in [-0.25, -0.2) is 9.66 Å². The molecule has 6 nitrogen and oxygen atoms in total. The molecule has 0 saturated heterocycles. The molecule has 0 radical (unpaired) electrons. The molecule has 0 fully saturated rings. The first-order valence-corrected chi connectivity index (χ1v) is 9.64. The van der Waals surface area contributed by atoms with Crippen LogP contribution in [0, 0.1) is 5.41 Å². The van der Waals surface area contributed by atoms with Crippen LogP contribution in [0.15, 0.2) is 59.4 Å². The summed E-state index contributed by atoms with van der Waals surface area (Å²) in [5.41, 5.74) is 1.54. The van der Waals surface area contributed by atoms with E-state index in [1.165, 1.54) is 4.68 Å². The Bertz CT molecular complexity index is 1100. The normalized spacial score (nSPS) is 15.0. The summed E-state index contributed by atoms with van der Waals surface area (Å²) < 4.78 is 1.18. The van der Waals surface area contributed by atoms with Gasteiger partial charge in [-0.3, -0.25) is 15.0 Å². The Hall–Kier alpha value is -2.99. The summed E-state index contributed by atoms with van der Waals surface area (Å²) in [6, 6.07) is 16.2. The lowest BCUT2D eigenvalue weighted by Crippen LogP contribution is -2.43. The third-order valence-electron chi connectivity index (χ3n) is 5.28. The van der Waals surface area contributed by atoms with E-state index in [1.807, 2.05) is 30.3 Å². The van der Waals surface area contributed by atoms with Gasteiger partial charge in [0.15, 0.2) is 0 Å². The average molecular weight is 393 g/mol. The highest BCUT2D eigenvalue weighted by molar-refractivity contribution is 5.89. The molecule has 2 N–H and O–H groups in total. The van der Waals surface area contributed by atoms with Crippen molar-refractivity contribution in [2.75, 3.05) is 5.43 Å². The first kappa shape index (κ1) is 20.7. The van der Waals surface area contributed by atoms with Gasteiger partial charge in [0.25, 0.3) is 5.56 Å². The number of hydrogen-bond donors (Lipinski definition) is 2. The summed E-state index contributed by atoms with van der Waals surface area (Å²) in [5.74, 6) is -0.605. The highest BCUT2D eigenvalue weighted by Crippen LogP contribution is 2.35. The van der Waals surface area contributed by atoms with E-state index in [0.717, 1.165) is 0 Å². The van der Waals surface area contributed by atoms with Crippen LogP contribution in [0.3, 0.4) is 0 Å². The van der Waals surface area contributed by atoms with E-state index in [-0.39, 0.29) is 11.5 Å². The Kier molecular flexibility index (Phi) is 5.32. The molecule has 0 spiro atoms. The quantitative estimate of drug-likeness (QED) is 0.710. The molecule has 1 aromatic heterocycles. The summed E-state index contributed by atoms with van der Waals surface area (Å²) in [6.07, 6.45) is 0.